The summed E-state index contributed by atoms with van der Waals surface area (Å²) in [4.78, 5) is 0. The van der Waals surface area contributed by atoms with Gasteiger partial charge in [-0.2, -0.15) is 0 Å². The largest absolute Gasteiger partial charge is 0.0616 e. The molecule has 0 heterocycles. The lowest BCUT2D eigenvalue weighted by Gasteiger charge is -2.28. The fraction of sp³-hybridized carbons (Fsp3) is 0.524. The van der Waals surface area contributed by atoms with E-state index in [2.05, 4.69) is 72.7 Å². The van der Waals surface area contributed by atoms with Gasteiger partial charge >= 0.3 is 0 Å². The average molecular weight is 282 g/mol. The van der Waals surface area contributed by atoms with Crippen molar-refractivity contribution in [1.29, 1.82) is 0 Å². The predicted octanol–water partition coefficient (Wildman–Crippen LogP) is 6.77. The van der Waals surface area contributed by atoms with Gasteiger partial charge in [0.05, 0.1) is 0 Å². The topological polar surface area (TPSA) is 0 Å². The molecule has 0 radical (unpaired) electrons. The molecular weight excluding hydrogens is 252 g/mol. The van der Waals surface area contributed by atoms with E-state index in [0.717, 1.165) is 6.42 Å². The molecule has 114 valence electrons. The van der Waals surface area contributed by atoms with Crippen LogP contribution >= 0.6 is 0 Å². The molecule has 0 N–H and O–H groups in total. The lowest BCUT2D eigenvalue weighted by Crippen LogP contribution is -2.10. The number of hydrogen-bond donors (Lipinski definition) is 0. The molecule has 0 saturated carbocycles. The van der Waals surface area contributed by atoms with Crippen LogP contribution in [0.1, 0.15) is 88.5 Å². The summed E-state index contributed by atoms with van der Waals surface area (Å²) in [5.74, 6) is 1.73. The summed E-state index contributed by atoms with van der Waals surface area (Å²) in [6.07, 6.45) is 1.12. The molecule has 0 spiro atoms. The first-order valence-corrected chi connectivity index (χ1v) is 8.47. The van der Waals surface area contributed by atoms with Gasteiger partial charge in [0.2, 0.25) is 0 Å². The third-order valence-corrected chi connectivity index (χ3v) is 4.53. The molecule has 0 bridgehead atoms. The van der Waals surface area contributed by atoms with Gasteiger partial charge in [0, 0.05) is 0 Å². The molecule has 0 amide bonds. The van der Waals surface area contributed by atoms with Crippen molar-refractivity contribution in [2.45, 2.75) is 72.6 Å². The van der Waals surface area contributed by atoms with Crippen molar-refractivity contribution in [3.63, 3.8) is 0 Å². The van der Waals surface area contributed by atoms with E-state index >= 15 is 0 Å². The minimum atomic E-state index is 0.565. The molecule has 0 aliphatic rings. The fourth-order valence-corrected chi connectivity index (χ4v) is 3.86. The van der Waals surface area contributed by atoms with Crippen LogP contribution in [0.3, 0.4) is 0 Å². The first-order chi connectivity index (χ1) is 9.90. The van der Waals surface area contributed by atoms with Crippen LogP contribution in [-0.2, 0) is 6.42 Å². The van der Waals surface area contributed by atoms with Crippen LogP contribution in [0, 0.1) is 0 Å². The summed E-state index contributed by atoms with van der Waals surface area (Å²) < 4.78 is 0. The van der Waals surface area contributed by atoms with E-state index in [4.69, 9.17) is 0 Å². The first-order valence-electron chi connectivity index (χ1n) is 8.47. The van der Waals surface area contributed by atoms with Crippen LogP contribution in [0.5, 0.6) is 0 Å². The summed E-state index contributed by atoms with van der Waals surface area (Å²) in [6.45, 7) is 16.4. The highest BCUT2D eigenvalue weighted by molar-refractivity contribution is 5.92. The van der Waals surface area contributed by atoms with Gasteiger partial charge in [0.1, 0.15) is 0 Å². The highest BCUT2D eigenvalue weighted by atomic mass is 14.3. The van der Waals surface area contributed by atoms with E-state index in [1.165, 1.54) is 10.8 Å². The van der Waals surface area contributed by atoms with E-state index in [-0.39, 0.29) is 0 Å². The first kappa shape index (κ1) is 16.1. The lowest BCUT2D eigenvalue weighted by molar-refractivity contribution is 0.746. The monoisotopic (exact) mass is 282 g/mol. The summed E-state index contributed by atoms with van der Waals surface area (Å²) in [7, 11) is 0. The van der Waals surface area contributed by atoms with Crippen LogP contribution in [0.2, 0.25) is 0 Å². The molecule has 2 aromatic rings. The highest BCUT2D eigenvalue weighted by Crippen LogP contribution is 2.41. The highest BCUT2D eigenvalue weighted by Gasteiger charge is 2.23. The molecule has 2 aromatic carbocycles. The molecule has 0 nitrogen and oxygen atoms in total. The number of benzene rings is 2. The van der Waals surface area contributed by atoms with Crippen LogP contribution in [0.15, 0.2) is 24.3 Å². The van der Waals surface area contributed by atoms with E-state index < -0.39 is 0 Å². The Balaban J connectivity index is 3.05. The standard InChI is InChI=1S/C21H30/c1-8-16-17-11-9-10-12-18(17)20(14(4)5)21(15(6)7)19(16)13(2)3/h9-15H,8H2,1-7H3. The second kappa shape index (κ2) is 6.22. The SMILES string of the molecule is CCc1c(C(C)C)c(C(C)C)c(C(C)C)c2ccccc12. The summed E-state index contributed by atoms with van der Waals surface area (Å²) in [5, 5.41) is 2.94. The van der Waals surface area contributed by atoms with Crippen molar-refractivity contribution in [3.8, 4) is 0 Å². The molecule has 0 unspecified atom stereocenters. The zero-order chi connectivity index (χ0) is 15.7. The van der Waals surface area contributed by atoms with Crippen molar-refractivity contribution in [3.05, 3.63) is 46.5 Å². The van der Waals surface area contributed by atoms with Gasteiger partial charge in [-0.25, -0.2) is 0 Å². The number of rotatable bonds is 4. The van der Waals surface area contributed by atoms with Crippen molar-refractivity contribution in [2.24, 2.45) is 0 Å². The number of hydrogen-bond acceptors (Lipinski definition) is 0. The van der Waals surface area contributed by atoms with E-state index in [9.17, 15) is 0 Å². The molecule has 0 heteroatoms. The van der Waals surface area contributed by atoms with Crippen molar-refractivity contribution < 1.29 is 0 Å². The van der Waals surface area contributed by atoms with Crippen LogP contribution in [0.25, 0.3) is 10.8 Å². The van der Waals surface area contributed by atoms with E-state index in [0.29, 0.717) is 17.8 Å². The second-order valence-electron chi connectivity index (χ2n) is 7.08. The van der Waals surface area contributed by atoms with Gasteiger partial charge in [-0.05, 0) is 57.2 Å². The van der Waals surface area contributed by atoms with Gasteiger partial charge in [-0.15, -0.1) is 0 Å². The Bertz CT molecular complexity index is 630. The maximum Gasteiger partial charge on any atom is -0.0143 e. The van der Waals surface area contributed by atoms with Crippen LogP contribution < -0.4 is 0 Å². The Labute approximate surface area is 130 Å². The molecule has 2 rings (SSSR count). The molecule has 0 aliphatic heterocycles. The fourth-order valence-electron chi connectivity index (χ4n) is 3.86. The Kier molecular flexibility index (Phi) is 4.76. The Morgan fingerprint density at radius 1 is 0.667 bits per heavy atom. The van der Waals surface area contributed by atoms with Crippen molar-refractivity contribution in [1.82, 2.24) is 0 Å². The molecule has 0 aromatic heterocycles. The molecular formula is C21H30. The lowest BCUT2D eigenvalue weighted by atomic mass is 9.77. The Morgan fingerprint density at radius 3 is 1.57 bits per heavy atom. The average Bonchev–Trinajstić information content (AvgIpc) is 2.43. The summed E-state index contributed by atoms with van der Waals surface area (Å²) in [6, 6.07) is 9.01. The third kappa shape index (κ3) is 2.73. The van der Waals surface area contributed by atoms with E-state index in [1.807, 2.05) is 0 Å². The van der Waals surface area contributed by atoms with Crippen molar-refractivity contribution >= 4 is 10.8 Å². The molecule has 21 heavy (non-hydrogen) atoms. The molecule has 0 aliphatic carbocycles. The van der Waals surface area contributed by atoms with Gasteiger partial charge < -0.3 is 0 Å². The maximum atomic E-state index is 2.35. The maximum absolute atomic E-state index is 2.35. The van der Waals surface area contributed by atoms with Gasteiger partial charge in [-0.3, -0.25) is 0 Å². The summed E-state index contributed by atoms with van der Waals surface area (Å²) in [5.41, 5.74) is 6.35. The van der Waals surface area contributed by atoms with Gasteiger partial charge in [0.25, 0.3) is 0 Å². The van der Waals surface area contributed by atoms with Crippen LogP contribution in [0.4, 0.5) is 0 Å². The Hall–Kier alpha value is -1.30. The smallest absolute Gasteiger partial charge is 0.0143 e. The predicted molar refractivity (Wildman–Crippen MR) is 95.6 cm³/mol. The zero-order valence-electron chi connectivity index (χ0n) is 14.7. The second-order valence-corrected chi connectivity index (χ2v) is 7.08. The van der Waals surface area contributed by atoms with Gasteiger partial charge in [-0.1, -0.05) is 72.7 Å². The molecule has 0 atom stereocenters. The van der Waals surface area contributed by atoms with Crippen LogP contribution in [-0.4, -0.2) is 0 Å². The number of aryl methyl sites for hydroxylation is 1. The zero-order valence-corrected chi connectivity index (χ0v) is 14.7. The third-order valence-electron chi connectivity index (χ3n) is 4.53. The minimum Gasteiger partial charge on any atom is -0.0616 e. The molecule has 0 saturated heterocycles. The van der Waals surface area contributed by atoms with Gasteiger partial charge in [0.15, 0.2) is 0 Å². The normalized spacial score (nSPS) is 12.1. The summed E-state index contributed by atoms with van der Waals surface area (Å²) >= 11 is 0. The van der Waals surface area contributed by atoms with Crippen molar-refractivity contribution in [2.75, 3.05) is 0 Å². The molecule has 0 fully saturated rings. The quantitative estimate of drug-likeness (QED) is 0.580. The number of fused-ring (bicyclic) bond motifs is 1. The minimum absolute atomic E-state index is 0.565. The Morgan fingerprint density at radius 2 is 1.14 bits per heavy atom. The van der Waals surface area contributed by atoms with E-state index in [1.54, 1.807) is 22.3 Å².